The van der Waals surface area contributed by atoms with Gasteiger partial charge >= 0.3 is 0 Å². The van der Waals surface area contributed by atoms with E-state index in [1.165, 1.54) is 102 Å². The van der Waals surface area contributed by atoms with Gasteiger partial charge < -0.3 is 4.90 Å². The molecule has 1 aliphatic heterocycles. The zero-order chi connectivity index (χ0) is 32.7. The van der Waals surface area contributed by atoms with E-state index in [2.05, 4.69) is 170 Å². The smallest absolute Gasteiger partial charge is 0.0495 e. The van der Waals surface area contributed by atoms with Gasteiger partial charge in [0.1, 0.15) is 0 Å². The lowest BCUT2D eigenvalue weighted by Crippen LogP contribution is -2.47. The van der Waals surface area contributed by atoms with Crippen molar-refractivity contribution in [3.05, 3.63) is 157 Å². The van der Waals surface area contributed by atoms with Crippen LogP contribution in [0, 0.1) is 5.92 Å². The first kappa shape index (κ1) is 28.6. The highest BCUT2D eigenvalue weighted by Crippen LogP contribution is 2.60. The topological polar surface area (TPSA) is 3.24 Å². The average Bonchev–Trinajstić information content (AvgIpc) is 3.43. The van der Waals surface area contributed by atoms with E-state index >= 15 is 0 Å². The molecule has 8 aromatic rings. The van der Waals surface area contributed by atoms with E-state index in [9.17, 15) is 0 Å². The Morgan fingerprint density at radius 3 is 1.86 bits per heavy atom. The Kier molecular flexibility index (Phi) is 6.31. The summed E-state index contributed by atoms with van der Waals surface area (Å²) in [6.07, 6.45) is 3.77. The Balaban J connectivity index is 1.26. The third-order valence-electron chi connectivity index (χ3n) is 12.0. The maximum Gasteiger partial charge on any atom is 0.0495 e. The third-order valence-corrected chi connectivity index (χ3v) is 12.0. The van der Waals surface area contributed by atoms with Gasteiger partial charge in [-0.05, 0) is 127 Å². The molecule has 0 radical (unpaired) electrons. The summed E-state index contributed by atoms with van der Waals surface area (Å²) in [7, 11) is 0. The minimum atomic E-state index is 0.0612. The van der Waals surface area contributed by atoms with Crippen LogP contribution >= 0.6 is 0 Å². The molecule has 1 fully saturated rings. The van der Waals surface area contributed by atoms with Gasteiger partial charge in [-0.1, -0.05) is 135 Å². The molecule has 0 aromatic heterocycles. The second-order valence-electron chi connectivity index (χ2n) is 14.7. The molecule has 1 saturated carbocycles. The number of nitrogens with zero attached hydrogens (tertiary/aromatic N) is 1. The fraction of sp³-hybridized carbons (Fsp3) is 0.167. The van der Waals surface area contributed by atoms with E-state index in [1.54, 1.807) is 0 Å². The van der Waals surface area contributed by atoms with Crippen molar-refractivity contribution in [3.8, 4) is 33.4 Å². The van der Waals surface area contributed by atoms with Crippen LogP contribution < -0.4 is 4.90 Å². The van der Waals surface area contributed by atoms with Crippen LogP contribution in [0.2, 0.25) is 0 Å². The molecule has 0 spiro atoms. The Morgan fingerprint density at radius 2 is 1.14 bits per heavy atom. The van der Waals surface area contributed by atoms with Crippen molar-refractivity contribution in [2.45, 2.75) is 44.6 Å². The first-order chi connectivity index (χ1) is 24.1. The van der Waals surface area contributed by atoms with Gasteiger partial charge in [0.05, 0.1) is 0 Å². The van der Waals surface area contributed by atoms with Crippen LogP contribution in [0.3, 0.4) is 0 Å². The zero-order valence-corrected chi connectivity index (χ0v) is 28.2. The van der Waals surface area contributed by atoms with Gasteiger partial charge in [0.2, 0.25) is 0 Å². The normalized spacial score (nSPS) is 20.2. The average molecular weight is 630 g/mol. The second kappa shape index (κ2) is 10.8. The lowest BCUT2D eigenvalue weighted by molar-refractivity contribution is 0.223. The molecule has 3 atom stereocenters. The summed E-state index contributed by atoms with van der Waals surface area (Å²) in [6.45, 7) is 5.01. The highest BCUT2D eigenvalue weighted by Gasteiger charge is 2.52. The minimum absolute atomic E-state index is 0.0612. The summed E-state index contributed by atoms with van der Waals surface area (Å²) in [5.41, 5.74) is 12.0. The Labute approximate surface area is 288 Å². The molecular weight excluding hydrogens is 591 g/mol. The number of hydrogen-bond acceptors (Lipinski definition) is 1. The molecule has 8 aromatic carbocycles. The maximum atomic E-state index is 2.68. The maximum absolute atomic E-state index is 2.68. The lowest BCUT2D eigenvalue weighted by atomic mass is 9.67. The van der Waals surface area contributed by atoms with Crippen LogP contribution in [0.4, 0.5) is 11.4 Å². The predicted octanol–water partition coefficient (Wildman–Crippen LogP) is 13.4. The van der Waals surface area contributed by atoms with Crippen LogP contribution in [-0.2, 0) is 0 Å². The molecule has 1 heterocycles. The summed E-state index contributed by atoms with van der Waals surface area (Å²) < 4.78 is 0. The summed E-state index contributed by atoms with van der Waals surface area (Å²) in [5.74, 6) is 1.11. The first-order valence-electron chi connectivity index (χ1n) is 18.0. The van der Waals surface area contributed by atoms with E-state index in [0.717, 1.165) is 0 Å². The Morgan fingerprint density at radius 1 is 0.551 bits per heavy atom. The summed E-state index contributed by atoms with van der Waals surface area (Å²) in [4.78, 5) is 2.68. The number of rotatable bonds is 4. The molecule has 2 aliphatic rings. The largest absolute Gasteiger partial charge is 0.335 e. The van der Waals surface area contributed by atoms with Crippen LogP contribution in [0.5, 0.6) is 0 Å². The Hall–Kier alpha value is -5.40. The van der Waals surface area contributed by atoms with Crippen molar-refractivity contribution in [2.24, 2.45) is 5.92 Å². The third kappa shape index (κ3) is 4.18. The number of para-hydroxylation sites is 1. The van der Waals surface area contributed by atoms with Gasteiger partial charge in [0.25, 0.3) is 0 Å². The molecular formula is C48H39N. The first-order valence-corrected chi connectivity index (χ1v) is 18.0. The van der Waals surface area contributed by atoms with E-state index in [1.807, 2.05) is 0 Å². The van der Waals surface area contributed by atoms with Gasteiger partial charge in [-0.25, -0.2) is 0 Å². The number of anilines is 2. The quantitative estimate of drug-likeness (QED) is 0.175. The van der Waals surface area contributed by atoms with Gasteiger partial charge in [-0.3, -0.25) is 0 Å². The standard InChI is InChI=1S/C48H39N/c1-31-13-12-28-48(2)47(31)43-29-35(22-27-44(43)49(48)36-18-10-5-11-19-36)42-30-41(33-16-8-4-9-17-33)39-24-21-34-20-23-37(32-14-6-3-7-15-32)38-25-26-40(42)46(39)45(34)38/h3-11,14-27,29-31,47H,12-13,28H2,1-2H3. The summed E-state index contributed by atoms with van der Waals surface area (Å²) in [6, 6.07) is 56.9. The van der Waals surface area contributed by atoms with Crippen LogP contribution in [0.25, 0.3) is 65.7 Å². The predicted molar refractivity (Wildman–Crippen MR) is 209 cm³/mol. The van der Waals surface area contributed by atoms with Gasteiger partial charge in [0.15, 0.2) is 0 Å². The molecule has 0 bridgehead atoms. The highest BCUT2D eigenvalue weighted by atomic mass is 15.2. The van der Waals surface area contributed by atoms with Crippen molar-refractivity contribution in [1.29, 1.82) is 0 Å². The molecule has 10 rings (SSSR count). The Bertz CT molecular complexity index is 2500. The minimum Gasteiger partial charge on any atom is -0.335 e. The molecule has 0 N–H and O–H groups in total. The van der Waals surface area contributed by atoms with Crippen molar-refractivity contribution in [1.82, 2.24) is 0 Å². The summed E-state index contributed by atoms with van der Waals surface area (Å²) >= 11 is 0. The SMILES string of the molecule is CC1CCCC2(C)C1c1cc(-c3cc(-c4ccccc4)c4ccc5ccc(-c6ccccc6)c6ccc3c4c56)ccc1N2c1ccccc1. The van der Waals surface area contributed by atoms with E-state index in [0.29, 0.717) is 11.8 Å². The fourth-order valence-corrected chi connectivity index (χ4v) is 9.93. The lowest BCUT2D eigenvalue weighted by Gasteiger charge is -2.46. The molecule has 0 saturated heterocycles. The highest BCUT2D eigenvalue weighted by molar-refractivity contribution is 6.30. The van der Waals surface area contributed by atoms with E-state index in [4.69, 9.17) is 0 Å². The van der Waals surface area contributed by atoms with Crippen LogP contribution in [0.1, 0.15) is 44.6 Å². The summed E-state index contributed by atoms with van der Waals surface area (Å²) in [5, 5.41) is 7.99. The van der Waals surface area contributed by atoms with Gasteiger partial charge in [0, 0.05) is 22.8 Å². The second-order valence-corrected chi connectivity index (χ2v) is 14.7. The van der Waals surface area contributed by atoms with Gasteiger partial charge in [-0.2, -0.15) is 0 Å². The monoisotopic (exact) mass is 629 g/mol. The molecule has 49 heavy (non-hydrogen) atoms. The molecule has 3 unspecified atom stereocenters. The van der Waals surface area contributed by atoms with Crippen molar-refractivity contribution in [3.63, 3.8) is 0 Å². The number of hydrogen-bond donors (Lipinski definition) is 0. The van der Waals surface area contributed by atoms with Crippen molar-refractivity contribution in [2.75, 3.05) is 4.90 Å². The van der Waals surface area contributed by atoms with E-state index in [-0.39, 0.29) is 5.54 Å². The van der Waals surface area contributed by atoms with Gasteiger partial charge in [-0.15, -0.1) is 0 Å². The van der Waals surface area contributed by atoms with Crippen molar-refractivity contribution < 1.29 is 0 Å². The molecule has 1 aliphatic carbocycles. The molecule has 0 amide bonds. The number of fused-ring (bicyclic) bond motifs is 3. The zero-order valence-electron chi connectivity index (χ0n) is 28.2. The van der Waals surface area contributed by atoms with Crippen molar-refractivity contribution >= 4 is 43.7 Å². The number of benzene rings is 8. The van der Waals surface area contributed by atoms with E-state index < -0.39 is 0 Å². The van der Waals surface area contributed by atoms with Crippen LogP contribution in [0.15, 0.2) is 152 Å². The molecule has 1 heteroatoms. The fourth-order valence-electron chi connectivity index (χ4n) is 9.93. The van der Waals surface area contributed by atoms with Crippen LogP contribution in [-0.4, -0.2) is 5.54 Å². The molecule has 1 nitrogen and oxygen atoms in total. The molecule has 236 valence electrons.